The van der Waals surface area contributed by atoms with Crippen LogP contribution in [0.3, 0.4) is 0 Å². The van der Waals surface area contributed by atoms with Crippen molar-refractivity contribution >= 4 is 10.2 Å². The summed E-state index contributed by atoms with van der Waals surface area (Å²) in [6.07, 6.45) is 4.11. The van der Waals surface area contributed by atoms with Gasteiger partial charge in [0.05, 0.1) is 6.10 Å². The van der Waals surface area contributed by atoms with Crippen LogP contribution in [0.15, 0.2) is 0 Å². The Kier molecular flexibility index (Phi) is 6.43. The Morgan fingerprint density at radius 2 is 2.14 bits per heavy atom. The van der Waals surface area contributed by atoms with Crippen molar-refractivity contribution in [1.82, 2.24) is 13.9 Å². The zero-order valence-corrected chi connectivity index (χ0v) is 14.1. The van der Waals surface area contributed by atoms with Gasteiger partial charge in [-0.1, -0.05) is 6.92 Å². The molecule has 0 aliphatic carbocycles. The van der Waals surface area contributed by atoms with Gasteiger partial charge in [-0.25, -0.2) is 0 Å². The third-order valence-electron chi connectivity index (χ3n) is 4.37. The van der Waals surface area contributed by atoms with E-state index in [0.717, 1.165) is 45.4 Å². The van der Waals surface area contributed by atoms with Gasteiger partial charge in [0.25, 0.3) is 10.2 Å². The molecule has 2 unspecified atom stereocenters. The second kappa shape index (κ2) is 7.87. The monoisotopic (exact) mass is 319 g/mol. The maximum absolute atomic E-state index is 12.7. The van der Waals surface area contributed by atoms with Crippen LogP contribution in [0.5, 0.6) is 0 Å². The summed E-state index contributed by atoms with van der Waals surface area (Å²) in [5.41, 5.74) is 0. The van der Waals surface area contributed by atoms with Crippen molar-refractivity contribution in [2.75, 3.05) is 46.4 Å². The summed E-state index contributed by atoms with van der Waals surface area (Å²) in [6, 6.07) is 0. The van der Waals surface area contributed by atoms with Gasteiger partial charge in [0.1, 0.15) is 0 Å². The van der Waals surface area contributed by atoms with E-state index in [0.29, 0.717) is 25.6 Å². The highest BCUT2D eigenvalue weighted by Crippen LogP contribution is 2.21. The summed E-state index contributed by atoms with van der Waals surface area (Å²) in [4.78, 5) is 0. The lowest BCUT2D eigenvalue weighted by molar-refractivity contribution is 0.0959. The van der Waals surface area contributed by atoms with E-state index in [-0.39, 0.29) is 6.10 Å². The highest BCUT2D eigenvalue weighted by Gasteiger charge is 2.33. The fourth-order valence-electron chi connectivity index (χ4n) is 3.12. The Balaban J connectivity index is 1.90. The van der Waals surface area contributed by atoms with Gasteiger partial charge in [-0.3, -0.25) is 0 Å². The van der Waals surface area contributed by atoms with Gasteiger partial charge in [-0.05, 0) is 44.7 Å². The van der Waals surface area contributed by atoms with Crippen molar-refractivity contribution in [1.29, 1.82) is 0 Å². The maximum Gasteiger partial charge on any atom is 0.281 e. The first-order valence-corrected chi connectivity index (χ1v) is 9.47. The Hall–Kier alpha value is -0.210. The smallest absolute Gasteiger partial charge is 0.281 e. The molecule has 0 bridgehead atoms. The second-order valence-corrected chi connectivity index (χ2v) is 8.13. The lowest BCUT2D eigenvalue weighted by Crippen LogP contribution is -2.49. The van der Waals surface area contributed by atoms with Crippen LogP contribution in [0.4, 0.5) is 0 Å². The predicted octanol–water partition coefficient (Wildman–Crippen LogP) is 0.664. The molecule has 7 heteroatoms. The minimum Gasteiger partial charge on any atom is -0.377 e. The van der Waals surface area contributed by atoms with Gasteiger partial charge >= 0.3 is 0 Å². The van der Waals surface area contributed by atoms with Crippen LogP contribution in [-0.4, -0.2) is 69.5 Å². The zero-order valence-electron chi connectivity index (χ0n) is 13.3. The lowest BCUT2D eigenvalue weighted by Gasteiger charge is -2.35. The molecule has 0 saturated carbocycles. The number of likely N-dealkylation sites (N-methyl/N-ethyl adjacent to an activating group) is 1. The van der Waals surface area contributed by atoms with Crippen LogP contribution in [-0.2, 0) is 14.9 Å². The average Bonchev–Trinajstić information content (AvgIpc) is 2.98. The summed E-state index contributed by atoms with van der Waals surface area (Å²) in [5.74, 6) is 0.421. The molecule has 2 aliphatic heterocycles. The number of ether oxygens (including phenoxy) is 1. The molecule has 6 nitrogen and oxygen atoms in total. The molecule has 0 spiro atoms. The number of rotatable bonds is 7. The van der Waals surface area contributed by atoms with E-state index in [2.05, 4.69) is 12.2 Å². The van der Waals surface area contributed by atoms with Gasteiger partial charge in [0.2, 0.25) is 0 Å². The number of hydrogen-bond donors (Lipinski definition) is 1. The molecule has 0 aromatic rings. The quantitative estimate of drug-likeness (QED) is 0.749. The first-order valence-electron chi connectivity index (χ1n) is 8.07. The van der Waals surface area contributed by atoms with E-state index in [1.807, 2.05) is 0 Å². The van der Waals surface area contributed by atoms with Crippen molar-refractivity contribution < 1.29 is 13.2 Å². The molecule has 0 radical (unpaired) electrons. The number of piperidine rings is 1. The fourth-order valence-corrected chi connectivity index (χ4v) is 4.63. The predicted molar refractivity (Wildman–Crippen MR) is 83.4 cm³/mol. The normalized spacial score (nSPS) is 28.3. The summed E-state index contributed by atoms with van der Waals surface area (Å²) in [5, 5.41) is 3.32. The second-order valence-electron chi connectivity index (χ2n) is 6.10. The highest BCUT2D eigenvalue weighted by atomic mass is 32.2. The Labute approximate surface area is 129 Å². The summed E-state index contributed by atoms with van der Waals surface area (Å²) in [7, 11) is -1.68. The Bertz CT molecular complexity index is 410. The van der Waals surface area contributed by atoms with Gasteiger partial charge in [0.15, 0.2) is 0 Å². The topological polar surface area (TPSA) is 61.9 Å². The molecule has 0 amide bonds. The highest BCUT2D eigenvalue weighted by molar-refractivity contribution is 7.86. The third kappa shape index (κ3) is 4.63. The molecule has 0 aromatic carbocycles. The third-order valence-corrected chi connectivity index (χ3v) is 6.29. The van der Waals surface area contributed by atoms with Crippen LogP contribution >= 0.6 is 0 Å². The van der Waals surface area contributed by atoms with Crippen molar-refractivity contribution in [3.63, 3.8) is 0 Å². The van der Waals surface area contributed by atoms with Crippen LogP contribution in [0.25, 0.3) is 0 Å². The van der Waals surface area contributed by atoms with Crippen LogP contribution in [0, 0.1) is 5.92 Å². The van der Waals surface area contributed by atoms with Crippen LogP contribution in [0.1, 0.15) is 32.6 Å². The largest absolute Gasteiger partial charge is 0.377 e. The molecule has 2 saturated heterocycles. The van der Waals surface area contributed by atoms with E-state index in [1.165, 1.54) is 4.31 Å². The van der Waals surface area contributed by atoms with Crippen molar-refractivity contribution in [3.8, 4) is 0 Å². The van der Waals surface area contributed by atoms with Gasteiger partial charge in [-0.15, -0.1) is 0 Å². The number of nitrogens with one attached hydrogen (secondary N) is 1. The standard InChI is InChI=1S/C14H29N3O3S/c1-3-15-10-13-6-4-8-17(11-13)21(18,19)16(2)12-14-7-5-9-20-14/h13-15H,3-12H2,1-2H3. The Morgan fingerprint density at radius 1 is 1.33 bits per heavy atom. The van der Waals surface area contributed by atoms with E-state index in [1.54, 1.807) is 11.4 Å². The molecule has 2 aliphatic rings. The first kappa shape index (κ1) is 17.1. The molecular weight excluding hydrogens is 290 g/mol. The molecule has 2 fully saturated rings. The summed E-state index contributed by atoms with van der Waals surface area (Å²) >= 11 is 0. The number of hydrogen-bond acceptors (Lipinski definition) is 4. The molecule has 0 aromatic heterocycles. The molecule has 21 heavy (non-hydrogen) atoms. The van der Waals surface area contributed by atoms with Crippen LogP contribution < -0.4 is 5.32 Å². The van der Waals surface area contributed by atoms with Crippen molar-refractivity contribution in [2.24, 2.45) is 5.92 Å². The fraction of sp³-hybridized carbons (Fsp3) is 1.00. The minimum absolute atomic E-state index is 0.0621. The maximum atomic E-state index is 12.7. The van der Waals surface area contributed by atoms with Crippen molar-refractivity contribution in [3.05, 3.63) is 0 Å². The first-order chi connectivity index (χ1) is 10.0. The molecular formula is C14H29N3O3S. The Morgan fingerprint density at radius 3 is 2.81 bits per heavy atom. The lowest BCUT2D eigenvalue weighted by atomic mass is 10.00. The van der Waals surface area contributed by atoms with Gasteiger partial charge in [-0.2, -0.15) is 17.0 Å². The molecule has 2 atom stereocenters. The zero-order chi connectivity index (χ0) is 15.3. The van der Waals surface area contributed by atoms with Crippen molar-refractivity contribution in [2.45, 2.75) is 38.7 Å². The molecule has 2 heterocycles. The SMILES string of the molecule is CCNCC1CCCN(S(=O)(=O)N(C)CC2CCCO2)C1. The molecule has 1 N–H and O–H groups in total. The minimum atomic E-state index is -3.35. The van der Waals surface area contributed by atoms with Gasteiger partial charge < -0.3 is 10.1 Å². The van der Waals surface area contributed by atoms with E-state index in [4.69, 9.17) is 4.74 Å². The van der Waals surface area contributed by atoms with E-state index >= 15 is 0 Å². The summed E-state index contributed by atoms with van der Waals surface area (Å²) < 4.78 is 34.0. The number of nitrogens with zero attached hydrogens (tertiary/aromatic N) is 2. The summed E-state index contributed by atoms with van der Waals surface area (Å²) in [6.45, 7) is 6.41. The van der Waals surface area contributed by atoms with E-state index < -0.39 is 10.2 Å². The van der Waals surface area contributed by atoms with Gasteiger partial charge in [0, 0.05) is 33.3 Å². The molecule has 2 rings (SSSR count). The average molecular weight is 319 g/mol. The molecule has 124 valence electrons. The van der Waals surface area contributed by atoms with Crippen LogP contribution in [0.2, 0.25) is 0 Å². The van der Waals surface area contributed by atoms with E-state index in [9.17, 15) is 8.42 Å².